The predicted molar refractivity (Wildman–Crippen MR) is 120 cm³/mol. The van der Waals surface area contributed by atoms with Gasteiger partial charge in [0, 0.05) is 24.1 Å². The van der Waals surface area contributed by atoms with E-state index in [2.05, 4.69) is 27.8 Å². The van der Waals surface area contributed by atoms with E-state index in [1.807, 2.05) is 30.3 Å². The first-order chi connectivity index (χ1) is 15.2. The van der Waals surface area contributed by atoms with Crippen molar-refractivity contribution < 1.29 is 14.3 Å². The largest absolute Gasteiger partial charge is 0.368 e. The molecular weight excluding hydrogens is 390 g/mol. The summed E-state index contributed by atoms with van der Waals surface area (Å²) in [4.78, 5) is 29.2. The number of aromatic nitrogens is 1. The highest BCUT2D eigenvalue weighted by molar-refractivity contribution is 6.05. The van der Waals surface area contributed by atoms with E-state index in [4.69, 9.17) is 4.74 Å². The molecule has 0 unspecified atom stereocenters. The minimum absolute atomic E-state index is 0.178. The summed E-state index contributed by atoms with van der Waals surface area (Å²) in [5, 5.41) is 5.67. The van der Waals surface area contributed by atoms with Crippen LogP contribution >= 0.6 is 0 Å². The second-order valence-corrected chi connectivity index (χ2v) is 7.56. The fourth-order valence-electron chi connectivity index (χ4n) is 3.57. The maximum atomic E-state index is 12.7. The summed E-state index contributed by atoms with van der Waals surface area (Å²) in [7, 11) is 0. The highest BCUT2D eigenvalue weighted by atomic mass is 16.5. The zero-order chi connectivity index (χ0) is 21.5. The van der Waals surface area contributed by atoms with Crippen molar-refractivity contribution in [2.75, 3.05) is 17.2 Å². The van der Waals surface area contributed by atoms with Crippen LogP contribution in [0.1, 0.15) is 34.3 Å². The van der Waals surface area contributed by atoms with Gasteiger partial charge in [-0.05, 0) is 67.1 Å². The van der Waals surface area contributed by atoms with Gasteiger partial charge in [0.25, 0.3) is 11.8 Å². The molecule has 0 aliphatic carbocycles. The standard InChI is InChI=1S/C25H25N3O3/c29-24(20-8-4-9-21(17-20)27-25(30)22-10-5-15-31-22)28-23-16-19(13-14-26-23)12-11-18-6-2-1-3-7-18/h1-4,6-9,13-14,16-17,22H,5,10-12,15H2,(H,27,30)(H,26,28,29)/t22-/m0/s1. The molecule has 158 valence electrons. The Morgan fingerprint density at radius 3 is 2.58 bits per heavy atom. The number of nitrogens with zero attached hydrogens (tertiary/aromatic N) is 1. The van der Waals surface area contributed by atoms with E-state index in [1.54, 1.807) is 30.5 Å². The van der Waals surface area contributed by atoms with Gasteiger partial charge in [-0.15, -0.1) is 0 Å². The van der Waals surface area contributed by atoms with Gasteiger partial charge in [0.2, 0.25) is 0 Å². The molecule has 2 heterocycles. The van der Waals surface area contributed by atoms with Crippen molar-refractivity contribution in [3.63, 3.8) is 0 Å². The smallest absolute Gasteiger partial charge is 0.256 e. The van der Waals surface area contributed by atoms with E-state index in [1.165, 1.54) is 5.56 Å². The van der Waals surface area contributed by atoms with Gasteiger partial charge in [0.05, 0.1) is 0 Å². The third kappa shape index (κ3) is 5.77. The van der Waals surface area contributed by atoms with Crippen molar-refractivity contribution in [3.8, 4) is 0 Å². The molecule has 31 heavy (non-hydrogen) atoms. The average molecular weight is 415 g/mol. The third-order valence-corrected chi connectivity index (χ3v) is 5.23. The molecule has 6 nitrogen and oxygen atoms in total. The number of nitrogens with one attached hydrogen (secondary N) is 2. The Labute approximate surface area is 181 Å². The van der Waals surface area contributed by atoms with E-state index < -0.39 is 6.10 Å². The summed E-state index contributed by atoms with van der Waals surface area (Å²) in [6.45, 7) is 0.609. The second-order valence-electron chi connectivity index (χ2n) is 7.56. The first kappa shape index (κ1) is 20.8. The molecule has 2 N–H and O–H groups in total. The fourth-order valence-corrected chi connectivity index (χ4v) is 3.57. The first-order valence-electron chi connectivity index (χ1n) is 10.5. The number of carbonyl (C=O) groups is 2. The molecule has 0 bridgehead atoms. The maximum absolute atomic E-state index is 12.7. The van der Waals surface area contributed by atoms with E-state index in [0.29, 0.717) is 23.7 Å². The summed E-state index contributed by atoms with van der Waals surface area (Å²) < 4.78 is 5.40. The second kappa shape index (κ2) is 10.00. The molecule has 1 fully saturated rings. The molecule has 0 saturated carbocycles. The number of rotatable bonds is 7. The van der Waals surface area contributed by atoms with Crippen molar-refractivity contribution in [1.29, 1.82) is 0 Å². The molecule has 4 rings (SSSR count). The number of benzene rings is 2. The molecule has 0 radical (unpaired) electrons. The van der Waals surface area contributed by atoms with Gasteiger partial charge < -0.3 is 15.4 Å². The molecule has 0 spiro atoms. The normalized spacial score (nSPS) is 15.4. The Bertz CT molecular complexity index is 1050. The monoisotopic (exact) mass is 415 g/mol. The van der Waals surface area contributed by atoms with E-state index in [-0.39, 0.29) is 11.8 Å². The molecule has 1 atom stereocenters. The topological polar surface area (TPSA) is 80.3 Å². The number of hydrogen-bond donors (Lipinski definition) is 2. The molecule has 6 heteroatoms. The number of pyridine rings is 1. The lowest BCUT2D eigenvalue weighted by Gasteiger charge is -2.11. The minimum atomic E-state index is -0.416. The van der Waals surface area contributed by atoms with Crippen LogP contribution in [0.3, 0.4) is 0 Å². The molecule has 1 aliphatic heterocycles. The molecule has 1 saturated heterocycles. The zero-order valence-corrected chi connectivity index (χ0v) is 17.2. The highest BCUT2D eigenvalue weighted by Crippen LogP contribution is 2.17. The van der Waals surface area contributed by atoms with Crippen molar-refractivity contribution in [2.45, 2.75) is 31.8 Å². The lowest BCUT2D eigenvalue weighted by atomic mass is 10.1. The van der Waals surface area contributed by atoms with Gasteiger partial charge >= 0.3 is 0 Å². The van der Waals surface area contributed by atoms with Gasteiger partial charge in [0.15, 0.2) is 0 Å². The first-order valence-corrected chi connectivity index (χ1v) is 10.5. The summed E-state index contributed by atoms with van der Waals surface area (Å²) in [5.41, 5.74) is 3.39. The molecule has 2 aromatic carbocycles. The van der Waals surface area contributed by atoms with Gasteiger partial charge in [-0.3, -0.25) is 9.59 Å². The van der Waals surface area contributed by atoms with Crippen LogP contribution in [-0.2, 0) is 22.4 Å². The molecule has 1 aromatic heterocycles. The number of ether oxygens (including phenoxy) is 1. The number of hydrogen-bond acceptors (Lipinski definition) is 4. The number of amides is 2. The van der Waals surface area contributed by atoms with Crippen LogP contribution in [0.25, 0.3) is 0 Å². The Balaban J connectivity index is 1.37. The summed E-state index contributed by atoms with van der Waals surface area (Å²) in [5.74, 6) is 0.0492. The Morgan fingerprint density at radius 1 is 0.935 bits per heavy atom. The Hall–Kier alpha value is -3.51. The van der Waals surface area contributed by atoms with Crippen LogP contribution in [0.15, 0.2) is 72.9 Å². The van der Waals surface area contributed by atoms with Gasteiger partial charge in [-0.25, -0.2) is 4.98 Å². The van der Waals surface area contributed by atoms with Crippen LogP contribution in [0, 0.1) is 0 Å². The van der Waals surface area contributed by atoms with Crippen LogP contribution in [-0.4, -0.2) is 29.5 Å². The third-order valence-electron chi connectivity index (χ3n) is 5.23. The maximum Gasteiger partial charge on any atom is 0.256 e. The average Bonchev–Trinajstić information content (AvgIpc) is 3.34. The quantitative estimate of drug-likeness (QED) is 0.605. The minimum Gasteiger partial charge on any atom is -0.368 e. The van der Waals surface area contributed by atoms with Gasteiger partial charge in [-0.1, -0.05) is 36.4 Å². The lowest BCUT2D eigenvalue weighted by molar-refractivity contribution is -0.124. The summed E-state index contributed by atoms with van der Waals surface area (Å²) in [6, 6.07) is 21.0. The number of anilines is 2. The van der Waals surface area contributed by atoms with Crippen LogP contribution < -0.4 is 10.6 Å². The molecule has 1 aliphatic rings. The fraction of sp³-hybridized carbons (Fsp3) is 0.240. The lowest BCUT2D eigenvalue weighted by Crippen LogP contribution is -2.27. The van der Waals surface area contributed by atoms with E-state index >= 15 is 0 Å². The van der Waals surface area contributed by atoms with Crippen molar-refractivity contribution in [2.24, 2.45) is 0 Å². The van der Waals surface area contributed by atoms with Gasteiger partial charge in [0.1, 0.15) is 11.9 Å². The van der Waals surface area contributed by atoms with Gasteiger partial charge in [-0.2, -0.15) is 0 Å². The predicted octanol–water partition coefficient (Wildman–Crippen LogP) is 4.24. The van der Waals surface area contributed by atoms with Crippen LogP contribution in [0.5, 0.6) is 0 Å². The van der Waals surface area contributed by atoms with Crippen molar-refractivity contribution >= 4 is 23.3 Å². The highest BCUT2D eigenvalue weighted by Gasteiger charge is 2.23. The Kier molecular flexibility index (Phi) is 6.69. The van der Waals surface area contributed by atoms with Crippen molar-refractivity contribution in [1.82, 2.24) is 4.98 Å². The zero-order valence-electron chi connectivity index (χ0n) is 17.2. The SMILES string of the molecule is O=C(Nc1cc(CCc2ccccc2)ccn1)c1cccc(NC(=O)[C@@H]2CCCO2)c1. The van der Waals surface area contributed by atoms with Crippen LogP contribution in [0.4, 0.5) is 11.5 Å². The molecule has 3 aromatic rings. The van der Waals surface area contributed by atoms with E-state index in [0.717, 1.165) is 31.2 Å². The molecule has 2 amide bonds. The van der Waals surface area contributed by atoms with Crippen molar-refractivity contribution in [3.05, 3.63) is 89.6 Å². The van der Waals surface area contributed by atoms with Crippen LogP contribution in [0.2, 0.25) is 0 Å². The molecular formula is C25H25N3O3. The number of aryl methyl sites for hydroxylation is 2. The summed E-state index contributed by atoms with van der Waals surface area (Å²) in [6.07, 6.45) is 4.68. The van der Waals surface area contributed by atoms with E-state index in [9.17, 15) is 9.59 Å². The number of carbonyl (C=O) groups excluding carboxylic acids is 2. The Morgan fingerprint density at radius 2 is 1.77 bits per heavy atom. The summed E-state index contributed by atoms with van der Waals surface area (Å²) >= 11 is 0.